The largest absolute Gasteiger partial charge is 0.385 e. The molecule has 1 fully saturated rings. The number of hydrogen-bond acceptors (Lipinski definition) is 9. The van der Waals surface area contributed by atoms with E-state index >= 15 is 0 Å². The number of aromatic nitrogens is 3. The Morgan fingerprint density at radius 2 is 1.91 bits per heavy atom. The monoisotopic (exact) mass is 677 g/mol. The summed E-state index contributed by atoms with van der Waals surface area (Å²) >= 11 is 5.60. The second-order valence-corrected chi connectivity index (χ2v) is 12.6. The lowest BCUT2D eigenvalue weighted by Crippen LogP contribution is -2.30. The fourth-order valence-electron chi connectivity index (χ4n) is 5.28. The third-order valence-corrected chi connectivity index (χ3v) is 9.49. The van der Waals surface area contributed by atoms with Gasteiger partial charge in [-0.05, 0) is 80.1 Å². The van der Waals surface area contributed by atoms with E-state index in [1.807, 2.05) is 80.6 Å². The number of rotatable bonds is 12. The van der Waals surface area contributed by atoms with Gasteiger partial charge in [0.25, 0.3) is 0 Å². The molecule has 6 rings (SSSR count). The first-order chi connectivity index (χ1) is 22.4. The van der Waals surface area contributed by atoms with Crippen molar-refractivity contribution in [1.29, 1.82) is 5.26 Å². The van der Waals surface area contributed by atoms with Gasteiger partial charge in [-0.2, -0.15) is 9.47 Å². The molecule has 5 aromatic rings. The maximum Gasteiger partial charge on any atom is 0.316 e. The van der Waals surface area contributed by atoms with E-state index in [1.165, 1.54) is 10.9 Å². The molecule has 1 aliphatic rings. The molecule has 3 N–H and O–H groups in total. The molecule has 0 amide bonds. The van der Waals surface area contributed by atoms with Crippen LogP contribution in [0.4, 0.5) is 17.1 Å². The van der Waals surface area contributed by atoms with Crippen molar-refractivity contribution in [1.82, 2.24) is 14.6 Å². The highest BCUT2D eigenvalue weighted by molar-refractivity contribution is 7.94. The lowest BCUT2D eigenvalue weighted by Gasteiger charge is -2.30. The molecule has 0 spiro atoms. The zero-order valence-corrected chi connectivity index (χ0v) is 27.6. The third kappa shape index (κ3) is 6.96. The molecule has 1 unspecified atom stereocenters. The highest BCUT2D eigenvalue weighted by atomic mass is 35.5. The minimum atomic E-state index is -1.87. The van der Waals surface area contributed by atoms with E-state index in [2.05, 4.69) is 26.3 Å². The average Bonchev–Trinajstić information content (AvgIpc) is 3.61. The number of aryl methyl sites for hydroxylation is 2. The number of halogens is 1. The standard InChI is InChI=1S/C32H32ClN7O4S2/c1-3-22-13-12-21(2)18-28(22)42-46(41)38-26-19-23(14-15-27(26)39-16-8-5-9-17-39)31-35-32-25(20-34)29(30(33)40(32)36-31)45-44-43-37-24-10-6-4-7-11-24/h4,6-7,10-15,18-19,37-38H,3,5,8-9,16-17H2,1-2H3,(H,35,36). The summed E-state index contributed by atoms with van der Waals surface area (Å²) in [4.78, 5) is 12.4. The van der Waals surface area contributed by atoms with E-state index in [0.717, 1.165) is 61.2 Å². The summed E-state index contributed by atoms with van der Waals surface area (Å²) < 4.78 is 29.1. The van der Waals surface area contributed by atoms with Gasteiger partial charge in [-0.25, -0.2) is 15.0 Å². The summed E-state index contributed by atoms with van der Waals surface area (Å²) in [5.41, 5.74) is 8.18. The molecule has 46 heavy (non-hydrogen) atoms. The van der Waals surface area contributed by atoms with Crippen molar-refractivity contribution < 1.29 is 17.7 Å². The number of nitriles is 1. The van der Waals surface area contributed by atoms with Crippen LogP contribution in [0.15, 0.2) is 71.6 Å². The Morgan fingerprint density at radius 1 is 1.11 bits per heavy atom. The predicted molar refractivity (Wildman–Crippen MR) is 182 cm³/mol. The zero-order chi connectivity index (χ0) is 32.0. The fraction of sp³-hybridized carbons (Fsp3) is 0.250. The molecule has 3 heterocycles. The minimum Gasteiger partial charge on any atom is -0.385 e. The van der Waals surface area contributed by atoms with E-state index in [1.54, 1.807) is 0 Å². The average molecular weight is 678 g/mol. The van der Waals surface area contributed by atoms with Gasteiger partial charge in [0.2, 0.25) is 0 Å². The van der Waals surface area contributed by atoms with Gasteiger partial charge in [-0.1, -0.05) is 48.9 Å². The molecular formula is C32H32ClN7O4S2. The van der Waals surface area contributed by atoms with Crippen LogP contribution in [0.2, 0.25) is 5.15 Å². The highest BCUT2D eigenvalue weighted by Gasteiger charge is 2.24. The molecule has 11 nitrogen and oxygen atoms in total. The number of hydrogen-bond donors (Lipinski definition) is 3. The van der Waals surface area contributed by atoms with Crippen LogP contribution >= 0.6 is 23.6 Å². The van der Waals surface area contributed by atoms with Gasteiger partial charge in [0.1, 0.15) is 22.5 Å². The molecule has 1 aliphatic heterocycles. The lowest BCUT2D eigenvalue weighted by atomic mass is 10.1. The van der Waals surface area contributed by atoms with E-state index in [0.29, 0.717) is 39.1 Å². The van der Waals surface area contributed by atoms with Crippen molar-refractivity contribution in [2.45, 2.75) is 44.4 Å². The summed E-state index contributed by atoms with van der Waals surface area (Å²) in [7, 11) is 0. The van der Waals surface area contributed by atoms with Crippen LogP contribution in [0.1, 0.15) is 42.9 Å². The summed E-state index contributed by atoms with van der Waals surface area (Å²) in [6.45, 7) is 5.81. The molecule has 2 aromatic heterocycles. The SMILES string of the molecule is CCc1ccc(C)cc1OS(=O)Nc1cc(-c2nc3c(C#N)c(SOONc4ccccc4)c(Cl)n3[nH]2)ccc1N1CCCCC1. The van der Waals surface area contributed by atoms with Crippen molar-refractivity contribution in [3.05, 3.63) is 88.6 Å². The van der Waals surface area contributed by atoms with Crippen LogP contribution in [0.25, 0.3) is 17.0 Å². The van der Waals surface area contributed by atoms with Gasteiger partial charge in [0, 0.05) is 18.7 Å². The first-order valence-electron chi connectivity index (χ1n) is 14.8. The highest BCUT2D eigenvalue weighted by Crippen LogP contribution is 2.38. The Bertz CT molecular complexity index is 1900. The second-order valence-electron chi connectivity index (χ2n) is 10.7. The zero-order valence-electron chi connectivity index (χ0n) is 25.2. The summed E-state index contributed by atoms with van der Waals surface area (Å²) in [5.74, 6) is 1.06. The van der Waals surface area contributed by atoms with Gasteiger partial charge in [-0.3, -0.25) is 9.82 Å². The summed E-state index contributed by atoms with van der Waals surface area (Å²) in [5, 5.41) is 13.4. The van der Waals surface area contributed by atoms with E-state index in [9.17, 15) is 9.47 Å². The molecule has 14 heteroatoms. The molecule has 0 radical (unpaired) electrons. The Kier molecular flexibility index (Phi) is 10.0. The van der Waals surface area contributed by atoms with Gasteiger partial charge < -0.3 is 9.08 Å². The number of fused-ring (bicyclic) bond motifs is 1. The molecule has 0 bridgehead atoms. The van der Waals surface area contributed by atoms with Crippen LogP contribution in [0, 0.1) is 18.3 Å². The Labute approximate surface area is 278 Å². The number of H-pyrrole nitrogens is 1. The van der Waals surface area contributed by atoms with Crippen molar-refractivity contribution in [3.63, 3.8) is 0 Å². The number of para-hydroxylation sites is 1. The number of nitrogens with zero attached hydrogens (tertiary/aromatic N) is 4. The Morgan fingerprint density at radius 3 is 2.67 bits per heavy atom. The molecule has 238 valence electrons. The van der Waals surface area contributed by atoms with E-state index in [4.69, 9.17) is 30.1 Å². The normalized spacial score (nSPS) is 13.8. The van der Waals surface area contributed by atoms with Crippen LogP contribution < -0.4 is 19.3 Å². The summed E-state index contributed by atoms with van der Waals surface area (Å²) in [6, 6.07) is 23.1. The minimum absolute atomic E-state index is 0.210. The van der Waals surface area contributed by atoms with Crippen LogP contribution in [0.3, 0.4) is 0 Å². The third-order valence-electron chi connectivity index (χ3n) is 7.61. The lowest BCUT2D eigenvalue weighted by molar-refractivity contribution is -0.161. The molecule has 0 aliphatic carbocycles. The van der Waals surface area contributed by atoms with Crippen LogP contribution in [-0.4, -0.2) is 31.9 Å². The second kappa shape index (κ2) is 14.5. The number of piperidine rings is 1. The van der Waals surface area contributed by atoms with Crippen molar-refractivity contribution in [2.75, 3.05) is 28.2 Å². The predicted octanol–water partition coefficient (Wildman–Crippen LogP) is 7.77. The molecular weight excluding hydrogens is 646 g/mol. The first-order valence-corrected chi connectivity index (χ1v) is 17.0. The topological polar surface area (TPSA) is 129 Å². The molecule has 1 saturated heterocycles. The fourth-order valence-corrected chi connectivity index (χ4v) is 6.81. The smallest absolute Gasteiger partial charge is 0.316 e. The molecule has 1 atom stereocenters. The van der Waals surface area contributed by atoms with E-state index < -0.39 is 11.3 Å². The Balaban J connectivity index is 1.26. The van der Waals surface area contributed by atoms with Gasteiger partial charge in [-0.15, -0.1) is 9.32 Å². The van der Waals surface area contributed by atoms with Gasteiger partial charge in [0.15, 0.2) is 11.5 Å². The van der Waals surface area contributed by atoms with Crippen molar-refractivity contribution in [3.8, 4) is 23.2 Å². The van der Waals surface area contributed by atoms with Gasteiger partial charge in [0.05, 0.1) is 34.0 Å². The number of benzene rings is 3. The van der Waals surface area contributed by atoms with Crippen molar-refractivity contribution in [2.24, 2.45) is 0 Å². The number of aromatic amines is 1. The van der Waals surface area contributed by atoms with Crippen LogP contribution in [0.5, 0.6) is 5.75 Å². The molecule has 0 saturated carbocycles. The van der Waals surface area contributed by atoms with E-state index in [-0.39, 0.29) is 10.7 Å². The van der Waals surface area contributed by atoms with Crippen molar-refractivity contribution >= 4 is 57.6 Å². The van der Waals surface area contributed by atoms with Crippen LogP contribution in [-0.2, 0) is 27.0 Å². The number of nitrogens with one attached hydrogen (secondary N) is 3. The quantitative estimate of drug-likeness (QED) is 0.0525. The maximum absolute atomic E-state index is 13.3. The number of anilines is 3. The van der Waals surface area contributed by atoms with Gasteiger partial charge >= 0.3 is 11.3 Å². The Hall–Kier alpha value is -4.19. The molecule has 3 aromatic carbocycles. The maximum atomic E-state index is 13.3. The summed E-state index contributed by atoms with van der Waals surface area (Å²) in [6.07, 6.45) is 4.10. The first kappa shape index (κ1) is 31.8.